The maximum atomic E-state index is 12.9. The normalized spacial score (nSPS) is 11.9. The number of hydrogen-bond acceptors (Lipinski definition) is 3. The van der Waals surface area contributed by atoms with E-state index in [0.29, 0.717) is 5.69 Å². The van der Waals surface area contributed by atoms with Gasteiger partial charge in [-0.2, -0.15) is 0 Å². The second kappa shape index (κ2) is 9.10. The summed E-state index contributed by atoms with van der Waals surface area (Å²) in [7, 11) is 3.47. The van der Waals surface area contributed by atoms with Gasteiger partial charge in [-0.25, -0.2) is 4.39 Å². The van der Waals surface area contributed by atoms with Crippen LogP contribution in [0.2, 0.25) is 0 Å². The van der Waals surface area contributed by atoms with E-state index in [2.05, 4.69) is 5.32 Å². The Bertz CT molecular complexity index is 734. The van der Waals surface area contributed by atoms with Gasteiger partial charge in [-0.05, 0) is 43.8 Å². The lowest BCUT2D eigenvalue weighted by Crippen LogP contribution is -2.40. The van der Waals surface area contributed by atoms with Crippen LogP contribution in [0.4, 0.5) is 10.1 Å². The van der Waals surface area contributed by atoms with Crippen molar-refractivity contribution in [2.24, 2.45) is 0 Å². The van der Waals surface area contributed by atoms with Crippen LogP contribution in [-0.4, -0.2) is 48.8 Å². The molecule has 0 aliphatic carbocycles. The lowest BCUT2D eigenvalue weighted by atomic mass is 10.1. The van der Waals surface area contributed by atoms with Gasteiger partial charge in [-0.3, -0.25) is 14.5 Å². The first kappa shape index (κ1) is 19.6. The maximum absolute atomic E-state index is 12.9. The summed E-state index contributed by atoms with van der Waals surface area (Å²) in [4.78, 5) is 27.8. The van der Waals surface area contributed by atoms with Gasteiger partial charge in [0, 0.05) is 12.7 Å². The molecule has 2 rings (SSSR count). The summed E-state index contributed by atoms with van der Waals surface area (Å²) in [5.41, 5.74) is 1.58. The molecule has 2 aromatic carbocycles. The third-order valence-electron chi connectivity index (χ3n) is 4.20. The van der Waals surface area contributed by atoms with Gasteiger partial charge in [-0.15, -0.1) is 0 Å². The van der Waals surface area contributed by atoms with Crippen LogP contribution in [0.1, 0.15) is 18.5 Å². The smallest absolute Gasteiger partial charge is 0.238 e. The van der Waals surface area contributed by atoms with Crippen molar-refractivity contribution in [2.45, 2.75) is 13.0 Å². The molecule has 0 heterocycles. The highest BCUT2D eigenvalue weighted by Crippen LogP contribution is 2.18. The van der Waals surface area contributed by atoms with Crippen LogP contribution < -0.4 is 5.32 Å². The molecule has 0 fully saturated rings. The van der Waals surface area contributed by atoms with E-state index in [0.717, 1.165) is 5.56 Å². The molecule has 0 bridgehead atoms. The van der Waals surface area contributed by atoms with Crippen LogP contribution >= 0.6 is 0 Å². The summed E-state index contributed by atoms with van der Waals surface area (Å²) in [6.45, 7) is 2.16. The summed E-state index contributed by atoms with van der Waals surface area (Å²) in [6.07, 6.45) is 0. The molecule has 0 aromatic heterocycles. The summed E-state index contributed by atoms with van der Waals surface area (Å²) < 4.78 is 12.9. The van der Waals surface area contributed by atoms with Crippen molar-refractivity contribution in [3.8, 4) is 0 Å². The number of likely N-dealkylation sites (N-methyl/N-ethyl adjacent to an activating group) is 2. The minimum atomic E-state index is -0.360. The lowest BCUT2D eigenvalue weighted by Gasteiger charge is -2.27. The molecule has 0 aliphatic rings. The predicted octanol–water partition coefficient (Wildman–Crippen LogP) is 2.92. The highest BCUT2D eigenvalue weighted by atomic mass is 19.1. The Hall–Kier alpha value is -2.73. The molecular formula is C20H24FN3O2. The Morgan fingerprint density at radius 3 is 2.23 bits per heavy atom. The molecule has 0 spiro atoms. The van der Waals surface area contributed by atoms with Gasteiger partial charge in [-0.1, -0.05) is 30.3 Å². The Morgan fingerprint density at radius 1 is 1.00 bits per heavy atom. The predicted molar refractivity (Wildman–Crippen MR) is 100 cm³/mol. The number of anilines is 1. The quantitative estimate of drug-likeness (QED) is 0.829. The molecular weight excluding hydrogens is 333 g/mol. The standard InChI is InChI=1S/C20H24FN3O2/c1-15(16-7-5-4-6-8-16)24(3)20(26)14-23(2)13-19(25)22-18-11-9-17(21)10-12-18/h4-12,15H,13-14H2,1-3H3,(H,22,25)/t15-/m0/s1. The van der Waals surface area contributed by atoms with E-state index in [4.69, 9.17) is 0 Å². The van der Waals surface area contributed by atoms with Crippen LogP contribution in [0.3, 0.4) is 0 Å². The van der Waals surface area contributed by atoms with Gasteiger partial charge in [0.05, 0.1) is 19.1 Å². The zero-order chi connectivity index (χ0) is 19.1. The zero-order valence-corrected chi connectivity index (χ0v) is 15.3. The summed E-state index contributed by atoms with van der Waals surface area (Å²) >= 11 is 0. The third-order valence-corrected chi connectivity index (χ3v) is 4.20. The van der Waals surface area contributed by atoms with E-state index in [9.17, 15) is 14.0 Å². The molecule has 6 heteroatoms. The first-order valence-corrected chi connectivity index (χ1v) is 8.41. The van der Waals surface area contributed by atoms with Crippen molar-refractivity contribution in [3.05, 3.63) is 66.0 Å². The number of benzene rings is 2. The average Bonchev–Trinajstić information content (AvgIpc) is 2.62. The number of amides is 2. The maximum Gasteiger partial charge on any atom is 0.238 e. The van der Waals surface area contributed by atoms with Crippen LogP contribution in [0.5, 0.6) is 0 Å². The van der Waals surface area contributed by atoms with Crippen molar-refractivity contribution in [2.75, 3.05) is 32.5 Å². The van der Waals surface area contributed by atoms with Crippen molar-refractivity contribution in [1.29, 1.82) is 0 Å². The lowest BCUT2D eigenvalue weighted by molar-refractivity contribution is -0.133. The molecule has 138 valence electrons. The van der Waals surface area contributed by atoms with Gasteiger partial charge in [0.25, 0.3) is 0 Å². The van der Waals surface area contributed by atoms with Gasteiger partial charge in [0.15, 0.2) is 0 Å². The van der Waals surface area contributed by atoms with Gasteiger partial charge in [0.2, 0.25) is 11.8 Å². The van der Waals surface area contributed by atoms with Crippen molar-refractivity contribution >= 4 is 17.5 Å². The third kappa shape index (κ3) is 5.67. The van der Waals surface area contributed by atoms with Crippen LogP contribution in [0, 0.1) is 5.82 Å². The molecule has 0 radical (unpaired) electrons. The first-order chi connectivity index (χ1) is 12.4. The number of carbonyl (C=O) groups is 2. The van der Waals surface area contributed by atoms with Crippen molar-refractivity contribution < 1.29 is 14.0 Å². The molecule has 2 amide bonds. The van der Waals surface area contributed by atoms with E-state index < -0.39 is 0 Å². The minimum absolute atomic E-state index is 0.0508. The Balaban J connectivity index is 1.84. The van der Waals surface area contributed by atoms with E-state index in [1.807, 2.05) is 37.3 Å². The second-order valence-electron chi connectivity index (χ2n) is 6.32. The van der Waals surface area contributed by atoms with E-state index >= 15 is 0 Å². The number of carbonyl (C=O) groups excluding carboxylic acids is 2. The fraction of sp³-hybridized carbons (Fsp3) is 0.300. The summed E-state index contributed by atoms with van der Waals surface area (Å²) in [5, 5.41) is 2.68. The van der Waals surface area contributed by atoms with Crippen LogP contribution in [0.15, 0.2) is 54.6 Å². The zero-order valence-electron chi connectivity index (χ0n) is 15.3. The van der Waals surface area contributed by atoms with Gasteiger partial charge >= 0.3 is 0 Å². The average molecular weight is 357 g/mol. The number of halogens is 1. The monoisotopic (exact) mass is 357 g/mol. The number of hydrogen-bond donors (Lipinski definition) is 1. The summed E-state index contributed by atoms with van der Waals surface area (Å²) in [6, 6.07) is 15.3. The molecule has 26 heavy (non-hydrogen) atoms. The highest BCUT2D eigenvalue weighted by molar-refractivity contribution is 5.92. The molecule has 0 saturated carbocycles. The van der Waals surface area contributed by atoms with Crippen molar-refractivity contribution in [3.63, 3.8) is 0 Å². The van der Waals surface area contributed by atoms with E-state index in [1.54, 1.807) is 23.9 Å². The molecule has 0 unspecified atom stereocenters. The van der Waals surface area contributed by atoms with Crippen LogP contribution in [0.25, 0.3) is 0 Å². The first-order valence-electron chi connectivity index (χ1n) is 8.41. The highest BCUT2D eigenvalue weighted by Gasteiger charge is 2.19. The summed E-state index contributed by atoms with van der Waals surface area (Å²) in [5.74, 6) is -0.689. The molecule has 0 aliphatic heterocycles. The van der Waals surface area contributed by atoms with E-state index in [-0.39, 0.29) is 36.8 Å². The molecule has 5 nitrogen and oxygen atoms in total. The molecule has 1 atom stereocenters. The SMILES string of the molecule is C[C@@H](c1ccccc1)N(C)C(=O)CN(C)CC(=O)Nc1ccc(F)cc1. The Morgan fingerprint density at radius 2 is 1.62 bits per heavy atom. The Kier molecular flexibility index (Phi) is 6.86. The second-order valence-corrected chi connectivity index (χ2v) is 6.32. The van der Waals surface area contributed by atoms with Gasteiger partial charge in [0.1, 0.15) is 5.82 Å². The largest absolute Gasteiger partial charge is 0.338 e. The molecule has 2 aromatic rings. The minimum Gasteiger partial charge on any atom is -0.338 e. The van der Waals surface area contributed by atoms with Gasteiger partial charge < -0.3 is 10.2 Å². The van der Waals surface area contributed by atoms with Crippen molar-refractivity contribution in [1.82, 2.24) is 9.80 Å². The molecule has 1 N–H and O–H groups in total. The number of nitrogens with zero attached hydrogens (tertiary/aromatic N) is 2. The molecule has 0 saturated heterocycles. The number of rotatable bonds is 7. The fourth-order valence-corrected chi connectivity index (χ4v) is 2.55. The van der Waals surface area contributed by atoms with Crippen LogP contribution in [-0.2, 0) is 9.59 Å². The number of nitrogens with one attached hydrogen (secondary N) is 1. The Labute approximate surface area is 153 Å². The topological polar surface area (TPSA) is 52.7 Å². The van der Waals surface area contributed by atoms with E-state index in [1.165, 1.54) is 24.3 Å². The fourth-order valence-electron chi connectivity index (χ4n) is 2.55.